The van der Waals surface area contributed by atoms with Crippen molar-refractivity contribution in [2.24, 2.45) is 0 Å². The normalized spacial score (nSPS) is 33.9. The summed E-state index contributed by atoms with van der Waals surface area (Å²) in [6.07, 6.45) is -4.36. The van der Waals surface area contributed by atoms with Crippen LogP contribution in [-0.2, 0) is 4.74 Å². The number of ether oxygens (including phenoxy) is 1. The van der Waals surface area contributed by atoms with Crippen LogP contribution in [0.3, 0.4) is 0 Å². The van der Waals surface area contributed by atoms with E-state index in [-0.39, 0.29) is 5.56 Å². The van der Waals surface area contributed by atoms with Gasteiger partial charge in [0.15, 0.2) is 0 Å². The average Bonchev–Trinajstić information content (AvgIpc) is 2.72. The quantitative estimate of drug-likeness (QED) is 0.618. The van der Waals surface area contributed by atoms with E-state index in [0.717, 1.165) is 0 Å². The Morgan fingerprint density at radius 1 is 1.37 bits per heavy atom. The number of benzene rings is 1. The first-order valence-corrected chi connectivity index (χ1v) is 5.72. The molecule has 0 aliphatic carbocycles. The maximum Gasteiger partial charge on any atom is 0.246 e. The lowest BCUT2D eigenvalue weighted by Crippen LogP contribution is -2.48. The van der Waals surface area contributed by atoms with Crippen LogP contribution in [0.25, 0.3) is 0 Å². The van der Waals surface area contributed by atoms with Gasteiger partial charge in [-0.15, -0.1) is 0 Å². The highest BCUT2D eigenvalue weighted by atomic mass is 16.6. The van der Waals surface area contributed by atoms with Gasteiger partial charge in [-0.05, 0) is 0 Å². The molecule has 19 heavy (non-hydrogen) atoms. The number of carbonyl (C=O) groups excluding carboxylic acids is 1. The molecule has 0 spiro atoms. The van der Waals surface area contributed by atoms with E-state index in [0.29, 0.717) is 0 Å². The first-order chi connectivity index (χ1) is 9.06. The molecule has 1 aliphatic heterocycles. The van der Waals surface area contributed by atoms with Crippen molar-refractivity contribution in [3.05, 3.63) is 35.9 Å². The van der Waals surface area contributed by atoms with Crippen LogP contribution in [0.4, 0.5) is 0 Å². The Hall–Kier alpha value is -1.78. The van der Waals surface area contributed by atoms with Crippen molar-refractivity contribution in [1.82, 2.24) is 0 Å². The van der Waals surface area contributed by atoms with Crippen LogP contribution in [-0.4, -0.2) is 51.6 Å². The Bertz CT molecular complexity index is 512. The van der Waals surface area contributed by atoms with Gasteiger partial charge in [0.2, 0.25) is 11.4 Å². The van der Waals surface area contributed by atoms with Crippen molar-refractivity contribution in [3.8, 4) is 6.07 Å². The van der Waals surface area contributed by atoms with Gasteiger partial charge >= 0.3 is 0 Å². The van der Waals surface area contributed by atoms with Crippen molar-refractivity contribution in [1.29, 1.82) is 5.26 Å². The largest absolute Gasteiger partial charge is 0.394 e. The van der Waals surface area contributed by atoms with Gasteiger partial charge in [0.1, 0.15) is 24.4 Å². The van der Waals surface area contributed by atoms with Crippen LogP contribution < -0.4 is 0 Å². The van der Waals surface area contributed by atoms with Gasteiger partial charge in [0.05, 0.1) is 6.61 Å². The van der Waals surface area contributed by atoms with Gasteiger partial charge in [-0.2, -0.15) is 5.26 Å². The minimum Gasteiger partial charge on any atom is -0.394 e. The molecule has 1 heterocycles. The molecule has 6 nitrogen and oxygen atoms in total. The Kier molecular flexibility index (Phi) is 3.64. The van der Waals surface area contributed by atoms with Crippen molar-refractivity contribution in [2.45, 2.75) is 23.9 Å². The predicted octanol–water partition coefficient (Wildman–Crippen LogP) is -0.755. The monoisotopic (exact) mass is 263 g/mol. The lowest BCUT2D eigenvalue weighted by atomic mass is 9.88. The predicted molar refractivity (Wildman–Crippen MR) is 63.1 cm³/mol. The zero-order chi connectivity index (χ0) is 14.0. The average molecular weight is 263 g/mol. The first-order valence-electron chi connectivity index (χ1n) is 5.72. The summed E-state index contributed by atoms with van der Waals surface area (Å²) in [5.41, 5.74) is -2.00. The number of nitrogens with zero attached hydrogens (tertiary/aromatic N) is 1. The molecule has 100 valence electrons. The third-order valence-electron chi connectivity index (χ3n) is 3.18. The van der Waals surface area contributed by atoms with Crippen molar-refractivity contribution in [3.63, 3.8) is 0 Å². The molecular formula is C13H13NO5. The fourth-order valence-corrected chi connectivity index (χ4v) is 2.10. The van der Waals surface area contributed by atoms with E-state index in [1.54, 1.807) is 24.3 Å². The molecule has 2 rings (SSSR count). The lowest BCUT2D eigenvalue weighted by molar-refractivity contribution is -0.0409. The Labute approximate surface area is 109 Å². The summed E-state index contributed by atoms with van der Waals surface area (Å²) >= 11 is 0. The third-order valence-corrected chi connectivity index (χ3v) is 3.18. The zero-order valence-corrected chi connectivity index (χ0v) is 9.93. The molecule has 0 amide bonds. The summed E-state index contributed by atoms with van der Waals surface area (Å²) in [6.45, 7) is -0.594. The number of aliphatic hydroxyl groups excluding tert-OH is 3. The molecule has 0 unspecified atom stereocenters. The summed E-state index contributed by atoms with van der Waals surface area (Å²) in [6, 6.07) is 9.51. The van der Waals surface area contributed by atoms with E-state index < -0.39 is 36.3 Å². The summed E-state index contributed by atoms with van der Waals surface area (Å²) in [4.78, 5) is 12.3. The fraction of sp³-hybridized carbons (Fsp3) is 0.385. The van der Waals surface area contributed by atoms with E-state index in [9.17, 15) is 20.3 Å². The molecule has 4 atom stereocenters. The van der Waals surface area contributed by atoms with Crippen LogP contribution >= 0.6 is 0 Å². The van der Waals surface area contributed by atoms with Crippen molar-refractivity contribution < 1.29 is 24.9 Å². The number of Topliss-reactive ketones (excluding diaryl/α,β-unsaturated/α-hetero) is 1. The minimum absolute atomic E-state index is 0.189. The van der Waals surface area contributed by atoms with Crippen molar-refractivity contribution >= 4 is 5.78 Å². The minimum atomic E-state index is -2.19. The SMILES string of the molecule is N#C[C@@]1(C(=O)c2ccccc2)O[C@H](CO)[C@@H](O)[C@H]1O. The highest BCUT2D eigenvalue weighted by Crippen LogP contribution is 2.33. The molecule has 0 aromatic heterocycles. The van der Waals surface area contributed by atoms with E-state index in [1.807, 2.05) is 0 Å². The number of rotatable bonds is 3. The van der Waals surface area contributed by atoms with E-state index in [1.165, 1.54) is 12.1 Å². The van der Waals surface area contributed by atoms with Gasteiger partial charge in [-0.3, -0.25) is 4.79 Å². The first kappa shape index (κ1) is 13.6. The van der Waals surface area contributed by atoms with Gasteiger partial charge in [-0.25, -0.2) is 0 Å². The second kappa shape index (κ2) is 5.07. The van der Waals surface area contributed by atoms with Crippen LogP contribution in [0, 0.1) is 11.3 Å². The zero-order valence-electron chi connectivity index (χ0n) is 9.93. The van der Waals surface area contributed by atoms with Gasteiger partial charge in [-0.1, -0.05) is 30.3 Å². The Balaban J connectivity index is 2.40. The molecule has 1 aliphatic rings. The van der Waals surface area contributed by atoms with Gasteiger partial charge in [0.25, 0.3) is 0 Å². The molecule has 0 radical (unpaired) electrons. The summed E-state index contributed by atoms with van der Waals surface area (Å²) in [5.74, 6) is -0.738. The van der Waals surface area contributed by atoms with Crippen LogP contribution in [0.15, 0.2) is 30.3 Å². The third kappa shape index (κ3) is 2.03. The highest BCUT2D eigenvalue weighted by Gasteiger charge is 2.59. The number of hydrogen-bond acceptors (Lipinski definition) is 6. The van der Waals surface area contributed by atoms with Gasteiger partial charge < -0.3 is 20.1 Å². The van der Waals surface area contributed by atoms with Crippen LogP contribution in [0.1, 0.15) is 10.4 Å². The smallest absolute Gasteiger partial charge is 0.246 e. The molecular weight excluding hydrogens is 250 g/mol. The lowest BCUT2D eigenvalue weighted by Gasteiger charge is -2.22. The Morgan fingerprint density at radius 2 is 2.00 bits per heavy atom. The van der Waals surface area contributed by atoms with Crippen LogP contribution in [0.2, 0.25) is 0 Å². The van der Waals surface area contributed by atoms with Gasteiger partial charge in [0, 0.05) is 5.56 Å². The molecule has 1 aromatic carbocycles. The fourth-order valence-electron chi connectivity index (χ4n) is 2.10. The standard InChI is InChI=1S/C13H13NO5/c14-7-13(11(17)8-4-2-1-3-5-8)12(18)10(16)9(6-15)19-13/h1-5,9-10,12,15-16,18H,6H2/t9-,10-,12-,13+/m1/s1. The van der Waals surface area contributed by atoms with E-state index in [4.69, 9.17) is 9.84 Å². The Morgan fingerprint density at radius 3 is 2.47 bits per heavy atom. The second-order valence-corrected chi connectivity index (χ2v) is 4.32. The number of hydrogen-bond donors (Lipinski definition) is 3. The topological polar surface area (TPSA) is 111 Å². The number of carbonyl (C=O) groups is 1. The van der Waals surface area contributed by atoms with Crippen molar-refractivity contribution in [2.75, 3.05) is 6.61 Å². The second-order valence-electron chi connectivity index (χ2n) is 4.32. The molecule has 1 aromatic rings. The number of nitriles is 1. The summed E-state index contributed by atoms with van der Waals surface area (Å²) < 4.78 is 5.13. The maximum atomic E-state index is 12.3. The molecule has 1 saturated heterocycles. The number of ketones is 1. The highest BCUT2D eigenvalue weighted by molar-refractivity contribution is 6.05. The summed E-state index contributed by atoms with van der Waals surface area (Å²) in [5, 5.41) is 37.8. The van der Waals surface area contributed by atoms with Crippen LogP contribution in [0.5, 0.6) is 0 Å². The maximum absolute atomic E-state index is 12.3. The number of aliphatic hydroxyl groups is 3. The molecule has 0 saturated carbocycles. The molecule has 6 heteroatoms. The molecule has 1 fully saturated rings. The van der Waals surface area contributed by atoms with E-state index >= 15 is 0 Å². The molecule has 3 N–H and O–H groups in total. The van der Waals surface area contributed by atoms with E-state index in [2.05, 4.69) is 0 Å². The molecule has 0 bridgehead atoms. The summed E-state index contributed by atoms with van der Waals surface area (Å²) in [7, 11) is 0.